The first kappa shape index (κ1) is 20.5. The highest BCUT2D eigenvalue weighted by atomic mass is 19.4. The van der Waals surface area contributed by atoms with E-state index in [2.05, 4.69) is 0 Å². The molecule has 3 aromatic rings. The van der Waals surface area contributed by atoms with Gasteiger partial charge in [-0.15, -0.1) is 0 Å². The number of carbonyl (C=O) groups is 1. The molecule has 0 aliphatic heterocycles. The number of aromatic carboxylic acids is 1. The van der Waals surface area contributed by atoms with Gasteiger partial charge in [-0.25, -0.2) is 4.79 Å². The van der Waals surface area contributed by atoms with E-state index < -0.39 is 17.7 Å². The van der Waals surface area contributed by atoms with Gasteiger partial charge in [0.25, 0.3) is 0 Å². The number of rotatable bonds is 4. The lowest BCUT2D eigenvalue weighted by atomic mass is 9.92. The molecule has 6 heteroatoms. The van der Waals surface area contributed by atoms with Gasteiger partial charge < -0.3 is 9.84 Å². The van der Waals surface area contributed by atoms with Gasteiger partial charge in [-0.3, -0.25) is 0 Å². The second-order valence-corrected chi connectivity index (χ2v) is 6.78. The number of halogens is 3. The maximum absolute atomic E-state index is 13.0. The number of alkyl halides is 3. The fourth-order valence-electron chi connectivity index (χ4n) is 3.35. The number of methoxy groups -OCH3 is 1. The third-order valence-corrected chi connectivity index (χ3v) is 4.83. The Hall–Kier alpha value is -3.28. The lowest BCUT2D eigenvalue weighted by Gasteiger charge is -2.16. The Bertz CT molecular complexity index is 1090. The number of benzene rings is 3. The van der Waals surface area contributed by atoms with Gasteiger partial charge in [-0.05, 0) is 78.1 Å². The molecule has 0 bridgehead atoms. The molecule has 0 fully saturated rings. The second kappa shape index (κ2) is 7.62. The molecule has 3 aromatic carbocycles. The number of hydrogen-bond donors (Lipinski definition) is 1. The minimum Gasteiger partial charge on any atom is -0.496 e. The summed E-state index contributed by atoms with van der Waals surface area (Å²) >= 11 is 0. The van der Waals surface area contributed by atoms with Crippen LogP contribution in [0.4, 0.5) is 13.2 Å². The van der Waals surface area contributed by atoms with Crippen LogP contribution < -0.4 is 4.74 Å². The smallest absolute Gasteiger partial charge is 0.416 e. The van der Waals surface area contributed by atoms with Crippen molar-refractivity contribution in [2.45, 2.75) is 20.0 Å². The summed E-state index contributed by atoms with van der Waals surface area (Å²) in [5.41, 5.74) is 3.71. The Morgan fingerprint density at radius 1 is 0.862 bits per heavy atom. The third kappa shape index (κ3) is 4.11. The molecule has 0 heterocycles. The van der Waals surface area contributed by atoms with E-state index in [-0.39, 0.29) is 5.56 Å². The van der Waals surface area contributed by atoms with E-state index in [1.807, 2.05) is 19.1 Å². The number of carboxylic acids is 1. The van der Waals surface area contributed by atoms with Gasteiger partial charge in [0, 0.05) is 5.56 Å². The Morgan fingerprint density at radius 2 is 1.52 bits per heavy atom. The summed E-state index contributed by atoms with van der Waals surface area (Å²) < 4.78 is 44.4. The SMILES string of the molecule is COc1ccc(-c2ccc(C(=O)O)cc2C)cc1-c1ccc(C(F)(F)F)cc1C. The van der Waals surface area contributed by atoms with E-state index >= 15 is 0 Å². The Balaban J connectivity index is 2.13. The van der Waals surface area contributed by atoms with Gasteiger partial charge in [0.05, 0.1) is 18.2 Å². The molecule has 3 rings (SSSR count). The maximum Gasteiger partial charge on any atom is 0.416 e. The van der Waals surface area contributed by atoms with Gasteiger partial charge in [0.15, 0.2) is 0 Å². The van der Waals surface area contributed by atoms with E-state index in [1.54, 1.807) is 25.1 Å². The lowest BCUT2D eigenvalue weighted by Crippen LogP contribution is -2.05. The van der Waals surface area contributed by atoms with Crippen LogP contribution in [0.25, 0.3) is 22.3 Å². The van der Waals surface area contributed by atoms with E-state index in [0.717, 1.165) is 28.8 Å². The van der Waals surface area contributed by atoms with Gasteiger partial charge in [-0.1, -0.05) is 18.2 Å². The van der Waals surface area contributed by atoms with Gasteiger partial charge in [0.2, 0.25) is 0 Å². The number of aryl methyl sites for hydroxylation is 2. The van der Waals surface area contributed by atoms with Crippen molar-refractivity contribution in [3.05, 3.63) is 76.9 Å². The van der Waals surface area contributed by atoms with Crippen LogP contribution in [0.3, 0.4) is 0 Å². The Kier molecular flexibility index (Phi) is 5.38. The molecule has 0 atom stereocenters. The molecular formula is C23H19F3O3. The highest BCUT2D eigenvalue weighted by Gasteiger charge is 2.30. The Morgan fingerprint density at radius 3 is 2.07 bits per heavy atom. The fraction of sp³-hybridized carbons (Fsp3) is 0.174. The lowest BCUT2D eigenvalue weighted by molar-refractivity contribution is -0.137. The first-order valence-corrected chi connectivity index (χ1v) is 8.82. The molecule has 0 spiro atoms. The molecule has 0 radical (unpaired) electrons. The van der Waals surface area contributed by atoms with Crippen molar-refractivity contribution in [3.63, 3.8) is 0 Å². The summed E-state index contributed by atoms with van der Waals surface area (Å²) in [7, 11) is 1.50. The third-order valence-electron chi connectivity index (χ3n) is 4.83. The van der Waals surface area contributed by atoms with Crippen LogP contribution in [0.2, 0.25) is 0 Å². The van der Waals surface area contributed by atoms with Gasteiger partial charge in [0.1, 0.15) is 5.75 Å². The molecule has 0 unspecified atom stereocenters. The van der Waals surface area contributed by atoms with E-state index in [4.69, 9.17) is 9.84 Å². The van der Waals surface area contributed by atoms with Crippen molar-refractivity contribution >= 4 is 5.97 Å². The normalized spacial score (nSPS) is 11.4. The topological polar surface area (TPSA) is 46.5 Å². The van der Waals surface area contributed by atoms with Crippen LogP contribution >= 0.6 is 0 Å². The highest BCUT2D eigenvalue weighted by Crippen LogP contribution is 2.39. The van der Waals surface area contributed by atoms with Crippen molar-refractivity contribution < 1.29 is 27.8 Å². The quantitative estimate of drug-likeness (QED) is 0.554. The average Bonchev–Trinajstić information content (AvgIpc) is 2.66. The summed E-state index contributed by atoms with van der Waals surface area (Å²) in [5.74, 6) is -0.466. The zero-order chi connectivity index (χ0) is 21.3. The summed E-state index contributed by atoms with van der Waals surface area (Å²) in [5, 5.41) is 9.15. The van der Waals surface area contributed by atoms with Crippen LogP contribution in [0.15, 0.2) is 54.6 Å². The molecule has 0 saturated heterocycles. The van der Waals surface area contributed by atoms with Crippen molar-refractivity contribution in [2.75, 3.05) is 7.11 Å². The van der Waals surface area contributed by atoms with Crippen LogP contribution in [0, 0.1) is 13.8 Å². The predicted molar refractivity (Wildman–Crippen MR) is 105 cm³/mol. The van der Waals surface area contributed by atoms with E-state index in [0.29, 0.717) is 22.4 Å². The molecule has 0 aromatic heterocycles. The molecule has 0 aliphatic rings. The van der Waals surface area contributed by atoms with Gasteiger partial charge in [-0.2, -0.15) is 13.2 Å². The van der Waals surface area contributed by atoms with Gasteiger partial charge >= 0.3 is 12.1 Å². The summed E-state index contributed by atoms with van der Waals surface area (Å²) in [6.45, 7) is 3.44. The van der Waals surface area contributed by atoms with Crippen LogP contribution in [0.1, 0.15) is 27.0 Å². The van der Waals surface area contributed by atoms with Crippen LogP contribution in [-0.2, 0) is 6.18 Å². The standard InChI is InChI=1S/C23H19F3O3/c1-13-10-16(22(27)28)4-7-18(13)15-5-9-21(29-3)20(12-15)19-8-6-17(11-14(19)2)23(24,25)26/h4-12H,1-3H3,(H,27,28). The van der Waals surface area contributed by atoms with Crippen molar-refractivity contribution in [2.24, 2.45) is 0 Å². The molecule has 29 heavy (non-hydrogen) atoms. The summed E-state index contributed by atoms with van der Waals surface area (Å²) in [6, 6.07) is 13.9. The highest BCUT2D eigenvalue weighted by molar-refractivity contribution is 5.89. The molecule has 1 N–H and O–H groups in total. The van der Waals surface area contributed by atoms with E-state index in [9.17, 15) is 18.0 Å². The maximum atomic E-state index is 13.0. The monoisotopic (exact) mass is 400 g/mol. The summed E-state index contributed by atoms with van der Waals surface area (Å²) in [4.78, 5) is 11.2. The molecule has 0 saturated carbocycles. The first-order chi connectivity index (χ1) is 13.6. The molecule has 150 valence electrons. The largest absolute Gasteiger partial charge is 0.496 e. The van der Waals surface area contributed by atoms with Crippen LogP contribution in [-0.4, -0.2) is 18.2 Å². The number of hydrogen-bond acceptors (Lipinski definition) is 2. The minimum atomic E-state index is -4.40. The zero-order valence-electron chi connectivity index (χ0n) is 16.1. The molecule has 0 amide bonds. The first-order valence-electron chi connectivity index (χ1n) is 8.82. The van der Waals surface area contributed by atoms with Crippen molar-refractivity contribution in [1.82, 2.24) is 0 Å². The average molecular weight is 400 g/mol. The molecule has 0 aliphatic carbocycles. The molecular weight excluding hydrogens is 381 g/mol. The second-order valence-electron chi connectivity index (χ2n) is 6.78. The zero-order valence-corrected chi connectivity index (χ0v) is 16.1. The van der Waals surface area contributed by atoms with E-state index in [1.165, 1.54) is 19.2 Å². The minimum absolute atomic E-state index is 0.193. The van der Waals surface area contributed by atoms with Crippen molar-refractivity contribution in [3.8, 4) is 28.0 Å². The molecule has 3 nitrogen and oxygen atoms in total. The fourth-order valence-corrected chi connectivity index (χ4v) is 3.35. The summed E-state index contributed by atoms with van der Waals surface area (Å²) in [6.07, 6.45) is -4.40. The van der Waals surface area contributed by atoms with Crippen LogP contribution in [0.5, 0.6) is 5.75 Å². The predicted octanol–water partition coefficient (Wildman–Crippen LogP) is 6.36. The number of ether oxygens (including phenoxy) is 1. The Labute approximate surface area is 166 Å². The number of carboxylic acid groups (broad SMARTS) is 1. The van der Waals surface area contributed by atoms with Crippen molar-refractivity contribution in [1.29, 1.82) is 0 Å².